The van der Waals surface area contributed by atoms with Crippen LogP contribution >= 0.6 is 0 Å². The molecule has 0 aliphatic heterocycles. The number of nitrogens with zero attached hydrogens (tertiary/aromatic N) is 1. The zero-order valence-electron chi connectivity index (χ0n) is 18.7. The summed E-state index contributed by atoms with van der Waals surface area (Å²) in [6, 6.07) is 14.4. The lowest BCUT2D eigenvalue weighted by molar-refractivity contribution is -0.167. The van der Waals surface area contributed by atoms with Crippen LogP contribution in [0.5, 0.6) is 0 Å². The summed E-state index contributed by atoms with van der Waals surface area (Å²) >= 11 is 0. The van der Waals surface area contributed by atoms with Gasteiger partial charge in [-0.1, -0.05) is 48.5 Å². The molecular weight excluding hydrogens is 440 g/mol. The van der Waals surface area contributed by atoms with Crippen molar-refractivity contribution in [1.29, 1.82) is 0 Å². The predicted octanol–water partition coefficient (Wildman–Crippen LogP) is 6.98. The molecule has 0 saturated heterocycles. The van der Waals surface area contributed by atoms with Crippen LogP contribution in [-0.2, 0) is 23.7 Å². The van der Waals surface area contributed by atoms with Gasteiger partial charge in [0.05, 0.1) is 10.8 Å². The molecule has 2 aliphatic rings. The van der Waals surface area contributed by atoms with E-state index in [-0.39, 0.29) is 36.8 Å². The van der Waals surface area contributed by atoms with Crippen LogP contribution in [0.25, 0.3) is 0 Å². The highest BCUT2D eigenvalue weighted by Crippen LogP contribution is 2.66. The third kappa shape index (κ3) is 4.79. The lowest BCUT2D eigenvalue weighted by Crippen LogP contribution is -2.35. The van der Waals surface area contributed by atoms with Crippen molar-refractivity contribution in [1.82, 2.24) is 4.90 Å². The molecule has 0 amide bonds. The van der Waals surface area contributed by atoms with E-state index in [0.717, 1.165) is 25.9 Å². The molecule has 0 unspecified atom stereocenters. The van der Waals surface area contributed by atoms with Crippen LogP contribution in [0.2, 0.25) is 0 Å². The van der Waals surface area contributed by atoms with Gasteiger partial charge in [-0.05, 0) is 80.8 Å². The monoisotopic (exact) mass is 469 g/mol. The zero-order valence-corrected chi connectivity index (χ0v) is 18.7. The quantitative estimate of drug-likeness (QED) is 0.358. The Balaban J connectivity index is 1.46. The van der Waals surface area contributed by atoms with E-state index in [0.29, 0.717) is 12.0 Å². The van der Waals surface area contributed by atoms with Gasteiger partial charge in [0.25, 0.3) is 0 Å². The van der Waals surface area contributed by atoms with E-state index >= 15 is 0 Å². The highest BCUT2D eigenvalue weighted by molar-refractivity contribution is 5.50. The van der Waals surface area contributed by atoms with Crippen molar-refractivity contribution in [3.05, 3.63) is 70.8 Å². The van der Waals surface area contributed by atoms with Gasteiger partial charge in [0.15, 0.2) is 0 Å². The fourth-order valence-electron chi connectivity index (χ4n) is 4.85. The van der Waals surface area contributed by atoms with Crippen LogP contribution in [0.1, 0.15) is 54.4 Å². The SMILES string of the molecule is CN(CCCc1ccc(C2(C(F)(F)F)CC2)c(C2(C(F)(F)F)CC2)c1)CCc1ccccc1. The van der Waals surface area contributed by atoms with Gasteiger partial charge in [-0.2, -0.15) is 26.3 Å². The Labute approximate surface area is 190 Å². The molecule has 2 aliphatic carbocycles. The fraction of sp³-hybridized carbons (Fsp3) is 0.538. The molecular formula is C26H29F6N. The van der Waals surface area contributed by atoms with Gasteiger partial charge in [0, 0.05) is 6.54 Å². The van der Waals surface area contributed by atoms with Crippen LogP contribution in [0, 0.1) is 0 Å². The maximum atomic E-state index is 13.9. The fourth-order valence-corrected chi connectivity index (χ4v) is 4.85. The Kier molecular flexibility index (Phi) is 6.31. The van der Waals surface area contributed by atoms with Crippen molar-refractivity contribution in [3.8, 4) is 0 Å². The molecule has 0 radical (unpaired) electrons. The Bertz CT molecular complexity index is 955. The number of benzene rings is 2. The average molecular weight is 470 g/mol. The standard InChI is InChI=1S/C26H29F6N/c1-33(17-11-19-6-3-2-4-7-19)16-5-8-20-9-10-21(23(12-13-23)25(27,28)29)22(18-20)24(14-15-24)26(30,31)32/h2-4,6-7,9-10,18H,5,8,11-17H2,1H3. The highest BCUT2D eigenvalue weighted by Gasteiger charge is 2.70. The Morgan fingerprint density at radius 3 is 1.82 bits per heavy atom. The highest BCUT2D eigenvalue weighted by atomic mass is 19.4. The minimum absolute atomic E-state index is 0.136. The zero-order chi connectivity index (χ0) is 23.9. The van der Waals surface area contributed by atoms with Crippen molar-refractivity contribution in [2.75, 3.05) is 20.1 Å². The van der Waals surface area contributed by atoms with E-state index in [4.69, 9.17) is 0 Å². The molecule has 7 heteroatoms. The summed E-state index contributed by atoms with van der Waals surface area (Å²) in [6.45, 7) is 1.63. The smallest absolute Gasteiger partial charge is 0.306 e. The van der Waals surface area contributed by atoms with Gasteiger partial charge in [-0.3, -0.25) is 0 Å². The van der Waals surface area contributed by atoms with Gasteiger partial charge < -0.3 is 4.90 Å². The van der Waals surface area contributed by atoms with Gasteiger partial charge in [-0.25, -0.2) is 0 Å². The Hall–Kier alpha value is -2.02. The second kappa shape index (κ2) is 8.64. The van der Waals surface area contributed by atoms with Crippen LogP contribution in [0.3, 0.4) is 0 Å². The second-order valence-corrected chi connectivity index (χ2v) is 9.68. The van der Waals surface area contributed by atoms with E-state index in [1.165, 1.54) is 17.7 Å². The summed E-state index contributed by atoms with van der Waals surface area (Å²) in [7, 11) is 2.00. The predicted molar refractivity (Wildman–Crippen MR) is 116 cm³/mol. The van der Waals surface area contributed by atoms with Crippen LogP contribution in [0.15, 0.2) is 48.5 Å². The topological polar surface area (TPSA) is 3.24 Å². The minimum Gasteiger partial charge on any atom is -0.306 e. The molecule has 0 aromatic heterocycles. The molecule has 0 heterocycles. The molecule has 33 heavy (non-hydrogen) atoms. The van der Waals surface area contributed by atoms with Gasteiger partial charge in [0.1, 0.15) is 0 Å². The molecule has 2 fully saturated rings. The van der Waals surface area contributed by atoms with E-state index in [2.05, 4.69) is 17.0 Å². The number of hydrogen-bond donors (Lipinski definition) is 0. The third-order valence-electron chi connectivity index (χ3n) is 7.33. The first-order chi connectivity index (χ1) is 15.5. The van der Waals surface area contributed by atoms with Crippen molar-refractivity contribution < 1.29 is 26.3 Å². The average Bonchev–Trinajstić information content (AvgIpc) is 3.65. The van der Waals surface area contributed by atoms with Crippen molar-refractivity contribution in [2.45, 2.75) is 68.1 Å². The Morgan fingerprint density at radius 2 is 1.27 bits per heavy atom. The molecule has 2 aromatic rings. The van der Waals surface area contributed by atoms with E-state index in [9.17, 15) is 26.3 Å². The van der Waals surface area contributed by atoms with E-state index in [1.54, 1.807) is 6.07 Å². The number of aryl methyl sites for hydroxylation is 1. The first-order valence-corrected chi connectivity index (χ1v) is 11.5. The van der Waals surface area contributed by atoms with E-state index in [1.807, 2.05) is 25.2 Å². The maximum Gasteiger partial charge on any atom is 0.398 e. The van der Waals surface area contributed by atoms with Crippen molar-refractivity contribution in [3.63, 3.8) is 0 Å². The number of alkyl halides is 6. The minimum atomic E-state index is -4.54. The van der Waals surface area contributed by atoms with Gasteiger partial charge in [0.2, 0.25) is 0 Å². The van der Waals surface area contributed by atoms with Crippen LogP contribution in [-0.4, -0.2) is 37.4 Å². The summed E-state index contributed by atoms with van der Waals surface area (Å²) < 4.78 is 83.0. The summed E-state index contributed by atoms with van der Waals surface area (Å²) in [6.07, 6.45) is -7.45. The van der Waals surface area contributed by atoms with Crippen molar-refractivity contribution in [2.24, 2.45) is 0 Å². The molecule has 0 atom stereocenters. The van der Waals surface area contributed by atoms with E-state index < -0.39 is 23.2 Å². The summed E-state index contributed by atoms with van der Waals surface area (Å²) in [5.74, 6) is 0. The number of rotatable bonds is 9. The molecule has 1 nitrogen and oxygen atoms in total. The largest absolute Gasteiger partial charge is 0.398 e. The maximum absolute atomic E-state index is 13.9. The van der Waals surface area contributed by atoms with Crippen LogP contribution in [0.4, 0.5) is 26.3 Å². The first-order valence-electron chi connectivity index (χ1n) is 11.5. The number of likely N-dealkylation sites (N-methyl/N-ethyl adjacent to an activating group) is 1. The summed E-state index contributed by atoms with van der Waals surface area (Å²) in [5.41, 5.74) is -2.61. The first kappa shape index (κ1) is 24.1. The molecule has 0 spiro atoms. The molecule has 0 N–H and O–H groups in total. The second-order valence-electron chi connectivity index (χ2n) is 9.68. The normalized spacial score (nSPS) is 19.0. The molecule has 4 rings (SSSR count). The van der Waals surface area contributed by atoms with Crippen molar-refractivity contribution >= 4 is 0 Å². The number of hydrogen-bond acceptors (Lipinski definition) is 1. The lowest BCUT2D eigenvalue weighted by Gasteiger charge is -2.29. The molecule has 180 valence electrons. The van der Waals surface area contributed by atoms with Gasteiger partial charge in [-0.15, -0.1) is 0 Å². The summed E-state index contributed by atoms with van der Waals surface area (Å²) in [5, 5.41) is 0. The molecule has 2 saturated carbocycles. The molecule has 2 aromatic carbocycles. The third-order valence-corrected chi connectivity index (χ3v) is 7.33. The van der Waals surface area contributed by atoms with Crippen LogP contribution < -0.4 is 0 Å². The van der Waals surface area contributed by atoms with Gasteiger partial charge >= 0.3 is 12.4 Å². The lowest BCUT2D eigenvalue weighted by atomic mass is 9.81. The summed E-state index contributed by atoms with van der Waals surface area (Å²) in [4.78, 5) is 2.17. The Morgan fingerprint density at radius 1 is 0.697 bits per heavy atom. The molecule has 0 bridgehead atoms. The number of halogens is 6.